The predicted molar refractivity (Wildman–Crippen MR) is 96.0 cm³/mol. The first kappa shape index (κ1) is 16.9. The Balaban J connectivity index is 1.59. The molecule has 1 saturated heterocycles. The van der Waals surface area contributed by atoms with E-state index in [1.165, 1.54) is 12.5 Å². The molecule has 1 aliphatic rings. The maximum Gasteiger partial charge on any atom is 0.260 e. The summed E-state index contributed by atoms with van der Waals surface area (Å²) in [5.41, 5.74) is -0.148. The smallest absolute Gasteiger partial charge is 0.260 e. The molecule has 0 saturated carbocycles. The van der Waals surface area contributed by atoms with Crippen LogP contribution < -0.4 is 15.8 Å². The lowest BCUT2D eigenvalue weighted by Crippen LogP contribution is -2.43. The van der Waals surface area contributed by atoms with Crippen LogP contribution in [0.1, 0.15) is 23.2 Å². The molecule has 1 amide bonds. The summed E-state index contributed by atoms with van der Waals surface area (Å²) < 4.78 is 0. The van der Waals surface area contributed by atoms with E-state index in [4.69, 9.17) is 0 Å². The van der Waals surface area contributed by atoms with E-state index in [9.17, 15) is 9.59 Å². The van der Waals surface area contributed by atoms with Crippen LogP contribution in [-0.4, -0.2) is 59.0 Å². The Morgan fingerprint density at radius 3 is 2.76 bits per heavy atom. The summed E-state index contributed by atoms with van der Waals surface area (Å²) >= 11 is 0. The van der Waals surface area contributed by atoms with Gasteiger partial charge in [-0.05, 0) is 25.0 Å². The highest BCUT2D eigenvalue weighted by atomic mass is 16.2. The molecule has 2 aromatic heterocycles. The molecule has 0 aromatic carbocycles. The second-order valence-corrected chi connectivity index (χ2v) is 6.28. The van der Waals surface area contributed by atoms with Crippen LogP contribution in [0.2, 0.25) is 0 Å². The van der Waals surface area contributed by atoms with Crippen molar-refractivity contribution < 1.29 is 4.79 Å². The first-order chi connectivity index (χ1) is 12.0. The Kier molecular flexibility index (Phi) is 4.97. The Labute approximate surface area is 145 Å². The van der Waals surface area contributed by atoms with Crippen molar-refractivity contribution in [1.82, 2.24) is 19.9 Å². The van der Waals surface area contributed by atoms with Gasteiger partial charge in [-0.15, -0.1) is 0 Å². The Morgan fingerprint density at radius 1 is 1.32 bits per heavy atom. The van der Waals surface area contributed by atoms with Gasteiger partial charge in [0.25, 0.3) is 11.5 Å². The molecule has 8 heteroatoms. The van der Waals surface area contributed by atoms with Crippen LogP contribution in [0, 0.1) is 0 Å². The molecular formula is C17H22N6O2. The zero-order valence-corrected chi connectivity index (χ0v) is 14.4. The lowest BCUT2D eigenvalue weighted by atomic mass is 10.0. The summed E-state index contributed by atoms with van der Waals surface area (Å²) in [4.78, 5) is 38.9. The second-order valence-electron chi connectivity index (χ2n) is 6.28. The van der Waals surface area contributed by atoms with Crippen molar-refractivity contribution in [2.45, 2.75) is 18.9 Å². The Hall–Kier alpha value is -2.90. The molecule has 3 heterocycles. The van der Waals surface area contributed by atoms with E-state index in [2.05, 4.69) is 20.3 Å². The number of H-pyrrole nitrogens is 1. The van der Waals surface area contributed by atoms with Gasteiger partial charge in [-0.2, -0.15) is 0 Å². The van der Waals surface area contributed by atoms with Crippen molar-refractivity contribution in [3.8, 4) is 0 Å². The number of aromatic amines is 1. The standard InChI is InChI=1S/C17H22N6O2/c1-22(2)15-10-14(19-11-20-15)21-12-5-8-23(9-6-12)17(25)13-4-3-7-18-16(13)24/h3-4,7,10-12H,5-6,8-9H2,1-2H3,(H,18,24)(H,19,20,21). The molecule has 8 nitrogen and oxygen atoms in total. The number of hydrogen-bond donors (Lipinski definition) is 2. The maximum atomic E-state index is 12.5. The number of hydrogen-bond acceptors (Lipinski definition) is 6. The molecule has 0 atom stereocenters. The van der Waals surface area contributed by atoms with Crippen molar-refractivity contribution in [2.75, 3.05) is 37.4 Å². The molecule has 2 aromatic rings. The third-order valence-corrected chi connectivity index (χ3v) is 4.29. The van der Waals surface area contributed by atoms with E-state index in [-0.39, 0.29) is 23.1 Å². The van der Waals surface area contributed by atoms with Crippen LogP contribution in [0.25, 0.3) is 0 Å². The number of aromatic nitrogens is 3. The summed E-state index contributed by atoms with van der Waals surface area (Å²) in [7, 11) is 3.86. The van der Waals surface area contributed by atoms with E-state index < -0.39 is 0 Å². The van der Waals surface area contributed by atoms with E-state index in [0.717, 1.165) is 24.5 Å². The number of amides is 1. The summed E-state index contributed by atoms with van der Waals surface area (Å²) in [5.74, 6) is 1.41. The van der Waals surface area contributed by atoms with Crippen LogP contribution in [0.5, 0.6) is 0 Å². The largest absolute Gasteiger partial charge is 0.367 e. The van der Waals surface area contributed by atoms with Crippen molar-refractivity contribution in [3.05, 3.63) is 46.6 Å². The lowest BCUT2D eigenvalue weighted by Gasteiger charge is -2.32. The van der Waals surface area contributed by atoms with Gasteiger partial charge in [0.05, 0.1) is 0 Å². The van der Waals surface area contributed by atoms with Gasteiger partial charge in [0.15, 0.2) is 0 Å². The second kappa shape index (κ2) is 7.33. The van der Waals surface area contributed by atoms with Gasteiger partial charge < -0.3 is 20.1 Å². The number of carbonyl (C=O) groups is 1. The van der Waals surface area contributed by atoms with Gasteiger partial charge in [-0.25, -0.2) is 9.97 Å². The molecule has 0 bridgehead atoms. The highest BCUT2D eigenvalue weighted by Crippen LogP contribution is 2.18. The minimum absolute atomic E-state index is 0.195. The number of nitrogens with zero attached hydrogens (tertiary/aromatic N) is 4. The fraction of sp³-hybridized carbons (Fsp3) is 0.412. The Morgan fingerprint density at radius 2 is 2.08 bits per heavy atom. The van der Waals surface area contributed by atoms with Crippen LogP contribution >= 0.6 is 0 Å². The third-order valence-electron chi connectivity index (χ3n) is 4.29. The minimum Gasteiger partial charge on any atom is -0.367 e. The molecule has 132 valence electrons. The number of rotatable bonds is 4. The van der Waals surface area contributed by atoms with Crippen LogP contribution in [0.4, 0.5) is 11.6 Å². The first-order valence-electron chi connectivity index (χ1n) is 8.27. The van der Waals surface area contributed by atoms with Gasteiger partial charge >= 0.3 is 0 Å². The van der Waals surface area contributed by atoms with Gasteiger partial charge in [-0.1, -0.05) is 0 Å². The number of pyridine rings is 1. The van der Waals surface area contributed by atoms with Gasteiger partial charge in [0, 0.05) is 45.5 Å². The summed E-state index contributed by atoms with van der Waals surface area (Å²) in [6, 6.07) is 5.37. The van der Waals surface area contributed by atoms with E-state index >= 15 is 0 Å². The van der Waals surface area contributed by atoms with Crippen molar-refractivity contribution >= 4 is 17.5 Å². The number of piperidine rings is 1. The van der Waals surface area contributed by atoms with E-state index in [1.54, 1.807) is 17.0 Å². The highest BCUT2D eigenvalue weighted by molar-refractivity contribution is 5.93. The number of nitrogens with one attached hydrogen (secondary N) is 2. The summed E-state index contributed by atoms with van der Waals surface area (Å²) in [6.45, 7) is 1.22. The predicted octanol–water partition coefficient (Wildman–Crippen LogP) is 0.948. The fourth-order valence-electron chi connectivity index (χ4n) is 2.87. The molecule has 0 aliphatic carbocycles. The van der Waals surface area contributed by atoms with Gasteiger partial charge in [0.1, 0.15) is 23.5 Å². The minimum atomic E-state index is -0.343. The summed E-state index contributed by atoms with van der Waals surface area (Å²) in [6.07, 6.45) is 4.67. The molecule has 1 aliphatic heterocycles. The van der Waals surface area contributed by atoms with E-state index in [0.29, 0.717) is 13.1 Å². The van der Waals surface area contributed by atoms with Crippen molar-refractivity contribution in [1.29, 1.82) is 0 Å². The SMILES string of the molecule is CN(C)c1cc(NC2CCN(C(=O)c3ccc[nH]c3=O)CC2)ncn1. The third kappa shape index (κ3) is 3.96. The number of anilines is 2. The van der Waals surface area contributed by atoms with E-state index in [1.807, 2.05) is 25.1 Å². The fourth-order valence-corrected chi connectivity index (χ4v) is 2.87. The monoisotopic (exact) mass is 342 g/mol. The molecular weight excluding hydrogens is 320 g/mol. The molecule has 0 unspecified atom stereocenters. The molecule has 0 radical (unpaired) electrons. The van der Waals surface area contributed by atoms with Crippen LogP contribution in [0.3, 0.4) is 0 Å². The van der Waals surface area contributed by atoms with Crippen LogP contribution in [-0.2, 0) is 0 Å². The number of likely N-dealkylation sites (tertiary alicyclic amines) is 1. The molecule has 25 heavy (non-hydrogen) atoms. The topological polar surface area (TPSA) is 94.2 Å². The van der Waals surface area contributed by atoms with Gasteiger partial charge in [-0.3, -0.25) is 9.59 Å². The Bertz CT molecular complexity index is 795. The van der Waals surface area contributed by atoms with Crippen molar-refractivity contribution in [3.63, 3.8) is 0 Å². The molecule has 2 N–H and O–H groups in total. The highest BCUT2D eigenvalue weighted by Gasteiger charge is 2.25. The average Bonchev–Trinajstić information content (AvgIpc) is 2.62. The zero-order chi connectivity index (χ0) is 17.8. The molecule has 3 rings (SSSR count). The quantitative estimate of drug-likeness (QED) is 0.859. The van der Waals surface area contributed by atoms with Gasteiger partial charge in [0.2, 0.25) is 0 Å². The van der Waals surface area contributed by atoms with Crippen LogP contribution in [0.15, 0.2) is 35.5 Å². The first-order valence-corrected chi connectivity index (χ1v) is 8.27. The lowest BCUT2D eigenvalue weighted by molar-refractivity contribution is 0.0716. The summed E-state index contributed by atoms with van der Waals surface area (Å²) in [5, 5.41) is 3.40. The molecule has 0 spiro atoms. The van der Waals surface area contributed by atoms with Crippen molar-refractivity contribution in [2.24, 2.45) is 0 Å². The average molecular weight is 342 g/mol. The number of carbonyl (C=O) groups excluding carboxylic acids is 1. The molecule has 1 fully saturated rings. The normalized spacial score (nSPS) is 15.0. The zero-order valence-electron chi connectivity index (χ0n) is 14.4. The maximum absolute atomic E-state index is 12.5.